The van der Waals surface area contributed by atoms with E-state index in [1.165, 1.54) is 43.8 Å². The third-order valence-electron chi connectivity index (χ3n) is 9.65. The molecule has 9 rings (SSSR count). The van der Waals surface area contributed by atoms with Crippen LogP contribution in [0.15, 0.2) is 186 Å². The molecule has 0 saturated heterocycles. The Hall–Kier alpha value is -6.38. The van der Waals surface area contributed by atoms with Gasteiger partial charge in [-0.3, -0.25) is 0 Å². The van der Waals surface area contributed by atoms with E-state index in [0.29, 0.717) is 0 Å². The molecule has 0 bridgehead atoms. The first-order valence-electron chi connectivity index (χ1n) is 16.8. The first kappa shape index (κ1) is 28.8. The van der Waals surface area contributed by atoms with Crippen molar-refractivity contribution in [3.8, 4) is 33.6 Å². The van der Waals surface area contributed by atoms with Crippen LogP contribution in [0.1, 0.15) is 5.56 Å². The molecule has 2 heteroatoms. The van der Waals surface area contributed by atoms with Gasteiger partial charge < -0.3 is 9.32 Å². The quantitative estimate of drug-likeness (QED) is 0.171. The monoisotopic (exact) mass is 627 g/mol. The van der Waals surface area contributed by atoms with Gasteiger partial charge in [0.05, 0.1) is 5.69 Å². The van der Waals surface area contributed by atoms with Crippen molar-refractivity contribution in [3.63, 3.8) is 0 Å². The van der Waals surface area contributed by atoms with Crippen LogP contribution in [0, 0.1) is 6.92 Å². The minimum absolute atomic E-state index is 0.903. The predicted molar refractivity (Wildman–Crippen MR) is 207 cm³/mol. The molecule has 0 fully saturated rings. The van der Waals surface area contributed by atoms with Crippen LogP contribution in [0.3, 0.4) is 0 Å². The lowest BCUT2D eigenvalue weighted by Gasteiger charge is -2.28. The molecule has 0 radical (unpaired) electrons. The molecule has 1 heterocycles. The highest BCUT2D eigenvalue weighted by Crippen LogP contribution is 2.44. The van der Waals surface area contributed by atoms with Gasteiger partial charge in [-0.2, -0.15) is 0 Å². The molecule has 0 spiro atoms. The van der Waals surface area contributed by atoms with Crippen LogP contribution >= 0.6 is 0 Å². The normalized spacial score (nSPS) is 11.4. The first-order valence-corrected chi connectivity index (χ1v) is 16.8. The Balaban J connectivity index is 1.19. The van der Waals surface area contributed by atoms with Gasteiger partial charge in [-0.1, -0.05) is 146 Å². The van der Waals surface area contributed by atoms with Gasteiger partial charge in [0.25, 0.3) is 0 Å². The molecule has 9 aromatic rings. The van der Waals surface area contributed by atoms with Crippen molar-refractivity contribution in [2.45, 2.75) is 6.92 Å². The summed E-state index contributed by atoms with van der Waals surface area (Å²) in [6.45, 7) is 2.15. The van der Waals surface area contributed by atoms with Crippen molar-refractivity contribution in [1.82, 2.24) is 0 Å². The van der Waals surface area contributed by atoms with Gasteiger partial charge in [0.1, 0.15) is 11.3 Å². The van der Waals surface area contributed by atoms with E-state index >= 15 is 0 Å². The lowest BCUT2D eigenvalue weighted by molar-refractivity contribution is 0.629. The van der Waals surface area contributed by atoms with Crippen molar-refractivity contribution in [1.29, 1.82) is 0 Å². The molecular weight excluding hydrogens is 595 g/mol. The smallest absolute Gasteiger partial charge is 0.138 e. The highest BCUT2D eigenvalue weighted by molar-refractivity contribution is 6.14. The van der Waals surface area contributed by atoms with Crippen LogP contribution < -0.4 is 4.90 Å². The largest absolute Gasteiger partial charge is 0.456 e. The summed E-state index contributed by atoms with van der Waals surface area (Å²) in [7, 11) is 0. The summed E-state index contributed by atoms with van der Waals surface area (Å²) in [6.07, 6.45) is 0. The zero-order valence-electron chi connectivity index (χ0n) is 27.2. The minimum Gasteiger partial charge on any atom is -0.456 e. The summed E-state index contributed by atoms with van der Waals surface area (Å²) in [5.41, 5.74) is 11.2. The van der Waals surface area contributed by atoms with Gasteiger partial charge in [0.15, 0.2) is 0 Å². The lowest BCUT2D eigenvalue weighted by Crippen LogP contribution is -2.10. The Morgan fingerprint density at radius 2 is 0.939 bits per heavy atom. The molecule has 0 unspecified atom stereocenters. The number of rotatable bonds is 6. The highest BCUT2D eigenvalue weighted by atomic mass is 16.3. The second-order valence-corrected chi connectivity index (χ2v) is 12.6. The maximum absolute atomic E-state index is 6.44. The van der Waals surface area contributed by atoms with Crippen LogP contribution in [0.5, 0.6) is 0 Å². The Labute approximate surface area is 286 Å². The van der Waals surface area contributed by atoms with E-state index in [1.807, 2.05) is 12.1 Å². The van der Waals surface area contributed by atoms with E-state index in [-0.39, 0.29) is 0 Å². The Kier molecular flexibility index (Phi) is 7.06. The second kappa shape index (κ2) is 12.0. The van der Waals surface area contributed by atoms with Gasteiger partial charge in [-0.15, -0.1) is 0 Å². The number of benzene rings is 8. The van der Waals surface area contributed by atoms with Crippen molar-refractivity contribution in [3.05, 3.63) is 188 Å². The second-order valence-electron chi connectivity index (χ2n) is 12.6. The standard InChI is InChI=1S/C47H33NO/c1-32-41-17-9-10-21-46(41)49-47(32)38-15-11-16-40(30-38)48(45-31-37-14-5-6-18-42(37)43-19-7-8-20-44(43)45)39-28-26-36(27-29-39)35-24-22-34(23-25-35)33-12-3-2-4-13-33/h2-31H,1H3. The summed E-state index contributed by atoms with van der Waals surface area (Å²) in [5.74, 6) is 0.903. The molecule has 0 aliphatic carbocycles. The lowest BCUT2D eigenvalue weighted by atomic mass is 9.98. The van der Waals surface area contributed by atoms with Crippen molar-refractivity contribution in [2.24, 2.45) is 0 Å². The average molecular weight is 628 g/mol. The summed E-state index contributed by atoms with van der Waals surface area (Å²) < 4.78 is 6.44. The maximum Gasteiger partial charge on any atom is 0.138 e. The fourth-order valence-corrected chi connectivity index (χ4v) is 7.17. The number of nitrogens with zero attached hydrogens (tertiary/aromatic N) is 1. The van der Waals surface area contributed by atoms with Gasteiger partial charge in [0, 0.05) is 33.3 Å². The number of para-hydroxylation sites is 1. The summed E-state index contributed by atoms with van der Waals surface area (Å²) in [5, 5.41) is 6.04. The van der Waals surface area contributed by atoms with E-state index in [1.54, 1.807) is 0 Å². The van der Waals surface area contributed by atoms with E-state index < -0.39 is 0 Å². The topological polar surface area (TPSA) is 16.4 Å². The SMILES string of the molecule is Cc1c(-c2cccc(N(c3ccc(-c4ccc(-c5ccccc5)cc4)cc3)c3cc4ccccc4c4ccccc34)c2)oc2ccccc12. The molecule has 0 aliphatic rings. The van der Waals surface area contributed by atoms with Crippen LogP contribution in [0.4, 0.5) is 17.1 Å². The zero-order valence-corrected chi connectivity index (χ0v) is 27.2. The summed E-state index contributed by atoms with van der Waals surface area (Å²) in [4.78, 5) is 2.39. The van der Waals surface area contributed by atoms with E-state index in [2.05, 4.69) is 182 Å². The maximum atomic E-state index is 6.44. The van der Waals surface area contributed by atoms with Crippen LogP contribution in [-0.2, 0) is 0 Å². The van der Waals surface area contributed by atoms with Crippen LogP contribution in [0.2, 0.25) is 0 Å². The molecule has 1 aromatic heterocycles. The van der Waals surface area contributed by atoms with Crippen LogP contribution in [0.25, 0.3) is 66.1 Å². The molecule has 0 amide bonds. The third kappa shape index (κ3) is 5.15. The molecule has 232 valence electrons. The predicted octanol–water partition coefficient (Wildman–Crippen LogP) is 13.5. The first-order chi connectivity index (χ1) is 24.2. The van der Waals surface area contributed by atoms with E-state index in [9.17, 15) is 0 Å². The Bertz CT molecular complexity index is 2600. The Morgan fingerprint density at radius 3 is 1.65 bits per heavy atom. The molecular formula is C47H33NO. The van der Waals surface area contributed by atoms with Gasteiger partial charge in [-0.05, 0) is 81.7 Å². The fraction of sp³-hybridized carbons (Fsp3) is 0.0213. The van der Waals surface area contributed by atoms with Gasteiger partial charge >= 0.3 is 0 Å². The molecule has 8 aromatic carbocycles. The number of furan rings is 1. The van der Waals surface area contributed by atoms with Gasteiger partial charge in [-0.25, -0.2) is 0 Å². The number of fused-ring (bicyclic) bond motifs is 4. The third-order valence-corrected chi connectivity index (χ3v) is 9.65. The minimum atomic E-state index is 0.903. The number of hydrogen-bond acceptors (Lipinski definition) is 2. The Morgan fingerprint density at radius 1 is 0.388 bits per heavy atom. The average Bonchev–Trinajstić information content (AvgIpc) is 3.52. The molecule has 0 atom stereocenters. The number of hydrogen-bond donors (Lipinski definition) is 0. The molecule has 49 heavy (non-hydrogen) atoms. The molecule has 0 aliphatic heterocycles. The zero-order chi connectivity index (χ0) is 32.7. The molecule has 0 N–H and O–H groups in total. The van der Waals surface area contributed by atoms with E-state index in [0.717, 1.165) is 44.9 Å². The van der Waals surface area contributed by atoms with E-state index in [4.69, 9.17) is 4.42 Å². The van der Waals surface area contributed by atoms with Gasteiger partial charge in [0.2, 0.25) is 0 Å². The fourth-order valence-electron chi connectivity index (χ4n) is 7.17. The molecule has 0 saturated carbocycles. The van der Waals surface area contributed by atoms with Crippen molar-refractivity contribution in [2.75, 3.05) is 4.90 Å². The number of aryl methyl sites for hydroxylation is 1. The van der Waals surface area contributed by atoms with Crippen LogP contribution in [-0.4, -0.2) is 0 Å². The summed E-state index contributed by atoms with van der Waals surface area (Å²) >= 11 is 0. The van der Waals surface area contributed by atoms with Crippen molar-refractivity contribution >= 4 is 49.6 Å². The van der Waals surface area contributed by atoms with Crippen molar-refractivity contribution < 1.29 is 4.42 Å². The highest BCUT2D eigenvalue weighted by Gasteiger charge is 2.19. The summed E-state index contributed by atoms with van der Waals surface area (Å²) in [6, 6.07) is 65.0. The number of anilines is 3. The molecule has 2 nitrogen and oxygen atoms in total.